The van der Waals surface area contributed by atoms with E-state index >= 15 is 0 Å². The first kappa shape index (κ1) is 45.4. The minimum atomic E-state index is -0.407. The second kappa shape index (κ2) is 27.3. The Bertz CT molecular complexity index is 1080. The number of rotatable bonds is 26. The average molecular weight is 777 g/mol. The van der Waals surface area contributed by atoms with Gasteiger partial charge in [0, 0.05) is 31.6 Å². The van der Waals surface area contributed by atoms with Gasteiger partial charge in [0.05, 0.1) is 69.5 Å². The van der Waals surface area contributed by atoms with Gasteiger partial charge in [-0.3, -0.25) is 4.79 Å². The molecule has 0 aromatic carbocycles. The number of hydrogen-bond acceptors (Lipinski definition) is 11. The Morgan fingerprint density at radius 2 is 0.745 bits per heavy atom. The first-order chi connectivity index (χ1) is 26.9. The van der Waals surface area contributed by atoms with Crippen molar-refractivity contribution in [1.82, 2.24) is 0 Å². The van der Waals surface area contributed by atoms with E-state index in [1.807, 2.05) is 0 Å². The highest BCUT2D eigenvalue weighted by Crippen LogP contribution is 2.40. The summed E-state index contributed by atoms with van der Waals surface area (Å²) in [4.78, 5) is 34.7. The molecule has 0 aromatic rings. The van der Waals surface area contributed by atoms with Gasteiger partial charge in [-0.25, -0.2) is 9.59 Å². The standard InChI is InChI=1S/C44H72O11/c1-3-42(45)51-31-9-29-49-38-21-15-36(16-22-38)44(47)53-28-8-6-5-7-27-48-37-17-11-34(12-18-37)35-13-19-40(20-14-35)54-33-55-41-25-23-39(24-26-41)50-30-10-32-52-43(46)4-2/h3-4,34-41H,1-2,5-33H2. The summed E-state index contributed by atoms with van der Waals surface area (Å²) < 4.78 is 45.9. The minimum Gasteiger partial charge on any atom is -0.465 e. The summed E-state index contributed by atoms with van der Waals surface area (Å²) in [6.45, 7) is 10.4. The first-order valence-electron chi connectivity index (χ1n) is 21.8. The fourth-order valence-electron chi connectivity index (χ4n) is 8.70. The quantitative estimate of drug-likeness (QED) is 0.0277. The Kier molecular flexibility index (Phi) is 22.6. The third-order valence-electron chi connectivity index (χ3n) is 12.1. The molecule has 4 aliphatic rings. The smallest absolute Gasteiger partial charge is 0.330 e. The van der Waals surface area contributed by atoms with Crippen molar-refractivity contribution in [3.63, 3.8) is 0 Å². The lowest BCUT2D eigenvalue weighted by molar-refractivity contribution is -0.150. The molecule has 0 aromatic heterocycles. The van der Waals surface area contributed by atoms with Gasteiger partial charge < -0.3 is 37.9 Å². The van der Waals surface area contributed by atoms with Crippen LogP contribution in [-0.2, 0) is 52.3 Å². The monoisotopic (exact) mass is 777 g/mol. The van der Waals surface area contributed by atoms with Gasteiger partial charge in [-0.15, -0.1) is 0 Å². The van der Waals surface area contributed by atoms with Crippen molar-refractivity contribution >= 4 is 17.9 Å². The maximum atomic E-state index is 12.5. The van der Waals surface area contributed by atoms with Crippen molar-refractivity contribution in [2.75, 3.05) is 46.4 Å². The van der Waals surface area contributed by atoms with Crippen LogP contribution in [0.5, 0.6) is 0 Å². The van der Waals surface area contributed by atoms with Crippen molar-refractivity contribution in [2.45, 2.75) is 172 Å². The summed E-state index contributed by atoms with van der Waals surface area (Å²) in [5, 5.41) is 0. The maximum absolute atomic E-state index is 12.5. The van der Waals surface area contributed by atoms with Gasteiger partial charge in [0.2, 0.25) is 0 Å². The fourth-order valence-corrected chi connectivity index (χ4v) is 8.70. The van der Waals surface area contributed by atoms with Crippen LogP contribution in [0.1, 0.15) is 141 Å². The number of carbonyl (C=O) groups excluding carboxylic acids is 3. The number of unbranched alkanes of at least 4 members (excludes halogenated alkanes) is 3. The Balaban J connectivity index is 0.900. The van der Waals surface area contributed by atoms with Gasteiger partial charge in [0.15, 0.2) is 0 Å². The normalized spacial score (nSPS) is 28.5. The van der Waals surface area contributed by atoms with E-state index in [-0.39, 0.29) is 36.2 Å². The van der Waals surface area contributed by atoms with E-state index in [9.17, 15) is 14.4 Å². The second-order valence-electron chi connectivity index (χ2n) is 16.0. The van der Waals surface area contributed by atoms with Crippen LogP contribution < -0.4 is 0 Å². The van der Waals surface area contributed by atoms with Gasteiger partial charge in [-0.05, 0) is 134 Å². The molecule has 0 aliphatic heterocycles. The molecule has 0 N–H and O–H groups in total. The van der Waals surface area contributed by atoms with Crippen LogP contribution in [0.3, 0.4) is 0 Å². The summed E-state index contributed by atoms with van der Waals surface area (Å²) in [5.74, 6) is 0.785. The zero-order valence-corrected chi connectivity index (χ0v) is 33.7. The lowest BCUT2D eigenvalue weighted by atomic mass is 9.72. The van der Waals surface area contributed by atoms with Gasteiger partial charge >= 0.3 is 17.9 Å². The maximum Gasteiger partial charge on any atom is 0.330 e. The van der Waals surface area contributed by atoms with Crippen LogP contribution in [0.2, 0.25) is 0 Å². The van der Waals surface area contributed by atoms with Crippen LogP contribution in [0.4, 0.5) is 0 Å². The van der Waals surface area contributed by atoms with Crippen molar-refractivity contribution in [3.05, 3.63) is 25.3 Å². The molecule has 0 atom stereocenters. The molecule has 11 nitrogen and oxygen atoms in total. The fraction of sp³-hybridized carbons (Fsp3) is 0.841. The highest BCUT2D eigenvalue weighted by atomic mass is 16.7. The molecule has 55 heavy (non-hydrogen) atoms. The Labute approximate surface area is 330 Å². The van der Waals surface area contributed by atoms with Gasteiger partial charge in [0.1, 0.15) is 6.79 Å². The van der Waals surface area contributed by atoms with E-state index in [1.54, 1.807) is 0 Å². The molecule has 4 saturated carbocycles. The number of ether oxygens (including phenoxy) is 8. The van der Waals surface area contributed by atoms with Crippen LogP contribution in [-0.4, -0.2) is 94.9 Å². The number of carbonyl (C=O) groups is 3. The van der Waals surface area contributed by atoms with Crippen LogP contribution in [0.25, 0.3) is 0 Å². The van der Waals surface area contributed by atoms with E-state index in [0.717, 1.165) is 114 Å². The molecular weight excluding hydrogens is 704 g/mol. The zero-order chi connectivity index (χ0) is 38.9. The van der Waals surface area contributed by atoms with Crippen LogP contribution in [0, 0.1) is 17.8 Å². The van der Waals surface area contributed by atoms with Crippen molar-refractivity contribution < 1.29 is 52.3 Å². The summed E-state index contributed by atoms with van der Waals surface area (Å²) in [6, 6.07) is 0. The first-order valence-corrected chi connectivity index (χ1v) is 21.8. The summed E-state index contributed by atoms with van der Waals surface area (Å²) in [7, 11) is 0. The topological polar surface area (TPSA) is 125 Å². The Hall–Kier alpha value is -2.31. The lowest BCUT2D eigenvalue weighted by Crippen LogP contribution is -2.31. The molecule has 0 bridgehead atoms. The SMILES string of the molecule is C=CC(=O)OCCCOC1CCC(OCOC2CCC(C3CCC(OCCCCCCOC(=O)C4CCC(OCCCOC(=O)C=C)CC4)CC3)CC2)CC1. The molecule has 0 saturated heterocycles. The number of esters is 3. The Morgan fingerprint density at radius 3 is 1.18 bits per heavy atom. The molecule has 4 rings (SSSR count). The predicted molar refractivity (Wildman–Crippen MR) is 209 cm³/mol. The average Bonchev–Trinajstić information content (AvgIpc) is 3.22. The van der Waals surface area contributed by atoms with Gasteiger partial charge in [0.25, 0.3) is 0 Å². The third kappa shape index (κ3) is 18.7. The van der Waals surface area contributed by atoms with Crippen molar-refractivity contribution in [2.24, 2.45) is 17.8 Å². The molecule has 0 spiro atoms. The molecule has 314 valence electrons. The molecule has 0 amide bonds. The van der Waals surface area contributed by atoms with Crippen LogP contribution >= 0.6 is 0 Å². The van der Waals surface area contributed by atoms with E-state index in [0.29, 0.717) is 64.9 Å². The minimum absolute atomic E-state index is 0.0171. The van der Waals surface area contributed by atoms with E-state index in [2.05, 4.69) is 13.2 Å². The van der Waals surface area contributed by atoms with E-state index in [4.69, 9.17) is 37.9 Å². The highest BCUT2D eigenvalue weighted by molar-refractivity contribution is 5.81. The molecule has 11 heteroatoms. The van der Waals surface area contributed by atoms with E-state index in [1.165, 1.54) is 44.6 Å². The van der Waals surface area contributed by atoms with Gasteiger partial charge in [-0.1, -0.05) is 19.6 Å². The summed E-state index contributed by atoms with van der Waals surface area (Å²) in [6.07, 6.45) is 26.4. The molecule has 0 radical (unpaired) electrons. The number of hydrogen-bond donors (Lipinski definition) is 0. The second-order valence-corrected chi connectivity index (χ2v) is 16.0. The van der Waals surface area contributed by atoms with E-state index < -0.39 is 5.97 Å². The Morgan fingerprint density at radius 1 is 0.400 bits per heavy atom. The summed E-state index contributed by atoms with van der Waals surface area (Å²) >= 11 is 0. The van der Waals surface area contributed by atoms with Crippen molar-refractivity contribution in [3.8, 4) is 0 Å². The third-order valence-corrected chi connectivity index (χ3v) is 12.1. The summed E-state index contributed by atoms with van der Waals surface area (Å²) in [5.41, 5.74) is 0. The molecule has 4 aliphatic carbocycles. The van der Waals surface area contributed by atoms with Crippen molar-refractivity contribution in [1.29, 1.82) is 0 Å². The lowest BCUT2D eigenvalue weighted by Gasteiger charge is -2.37. The highest BCUT2D eigenvalue weighted by Gasteiger charge is 2.32. The molecular formula is C44H72O11. The molecule has 0 unspecified atom stereocenters. The zero-order valence-electron chi connectivity index (χ0n) is 33.7. The molecule has 4 fully saturated rings. The van der Waals surface area contributed by atoms with Gasteiger partial charge in [-0.2, -0.15) is 0 Å². The predicted octanol–water partition coefficient (Wildman–Crippen LogP) is 8.36. The van der Waals surface area contributed by atoms with Crippen LogP contribution in [0.15, 0.2) is 25.3 Å². The molecule has 0 heterocycles. The largest absolute Gasteiger partial charge is 0.465 e.